The SMILES string of the molecule is CN(CCCC(=O)O)C(=O)N(C)Cc1cnn(C)c1. The zero-order valence-corrected chi connectivity index (χ0v) is 11.5. The van der Waals surface area contributed by atoms with Crippen LogP contribution in [0, 0.1) is 0 Å². The molecule has 1 aromatic rings. The minimum absolute atomic E-state index is 0.0734. The third-order valence-electron chi connectivity index (χ3n) is 2.72. The van der Waals surface area contributed by atoms with Crippen LogP contribution in [0.2, 0.25) is 0 Å². The van der Waals surface area contributed by atoms with Crippen LogP contribution in [0.4, 0.5) is 4.79 Å². The van der Waals surface area contributed by atoms with E-state index in [9.17, 15) is 9.59 Å². The van der Waals surface area contributed by atoms with Gasteiger partial charge in [-0.3, -0.25) is 9.48 Å². The number of rotatable bonds is 6. The first kappa shape index (κ1) is 15.0. The van der Waals surface area contributed by atoms with E-state index in [2.05, 4.69) is 5.10 Å². The van der Waals surface area contributed by atoms with Crippen LogP contribution < -0.4 is 0 Å². The zero-order chi connectivity index (χ0) is 14.4. The Labute approximate surface area is 112 Å². The molecule has 0 saturated heterocycles. The number of nitrogens with zero attached hydrogens (tertiary/aromatic N) is 4. The molecular weight excluding hydrogens is 248 g/mol. The van der Waals surface area contributed by atoms with Crippen molar-refractivity contribution in [3.63, 3.8) is 0 Å². The molecule has 0 aromatic carbocycles. The fourth-order valence-corrected chi connectivity index (χ4v) is 1.75. The maximum Gasteiger partial charge on any atom is 0.319 e. The van der Waals surface area contributed by atoms with Gasteiger partial charge in [-0.1, -0.05) is 0 Å². The molecule has 7 heteroatoms. The highest BCUT2D eigenvalue weighted by molar-refractivity contribution is 5.74. The molecule has 2 amide bonds. The lowest BCUT2D eigenvalue weighted by atomic mass is 10.3. The quantitative estimate of drug-likeness (QED) is 0.826. The van der Waals surface area contributed by atoms with Crippen molar-refractivity contribution in [2.75, 3.05) is 20.6 Å². The summed E-state index contributed by atoms with van der Waals surface area (Å²) in [6, 6.07) is -0.130. The fourth-order valence-electron chi connectivity index (χ4n) is 1.75. The number of aryl methyl sites for hydroxylation is 1. The van der Waals surface area contributed by atoms with Crippen LogP contribution in [0.5, 0.6) is 0 Å². The highest BCUT2D eigenvalue weighted by Gasteiger charge is 2.15. The zero-order valence-electron chi connectivity index (χ0n) is 11.5. The predicted octanol–water partition coefficient (Wildman–Crippen LogP) is 0.768. The Morgan fingerprint density at radius 1 is 1.37 bits per heavy atom. The lowest BCUT2D eigenvalue weighted by Gasteiger charge is -2.24. The molecule has 0 bridgehead atoms. The van der Waals surface area contributed by atoms with E-state index in [0.29, 0.717) is 19.5 Å². The monoisotopic (exact) mass is 268 g/mol. The molecule has 1 aromatic heterocycles. The maximum atomic E-state index is 12.0. The summed E-state index contributed by atoms with van der Waals surface area (Å²) in [5, 5.41) is 12.6. The Morgan fingerprint density at radius 3 is 2.58 bits per heavy atom. The minimum Gasteiger partial charge on any atom is -0.481 e. The highest BCUT2D eigenvalue weighted by atomic mass is 16.4. The second kappa shape index (κ2) is 6.77. The first-order chi connectivity index (χ1) is 8.90. The molecule has 0 saturated carbocycles. The summed E-state index contributed by atoms with van der Waals surface area (Å²) in [6.07, 6.45) is 4.10. The van der Waals surface area contributed by atoms with E-state index >= 15 is 0 Å². The molecule has 0 aliphatic rings. The van der Waals surface area contributed by atoms with Crippen molar-refractivity contribution in [1.29, 1.82) is 0 Å². The van der Waals surface area contributed by atoms with E-state index in [0.717, 1.165) is 5.56 Å². The number of aliphatic carboxylic acids is 1. The fraction of sp³-hybridized carbons (Fsp3) is 0.583. The third kappa shape index (κ3) is 4.99. The number of carboxylic acid groups (broad SMARTS) is 1. The van der Waals surface area contributed by atoms with Gasteiger partial charge in [0, 0.05) is 45.9 Å². The number of carbonyl (C=O) groups excluding carboxylic acids is 1. The van der Waals surface area contributed by atoms with E-state index in [4.69, 9.17) is 5.11 Å². The molecule has 0 spiro atoms. The Bertz CT molecular complexity index is 444. The predicted molar refractivity (Wildman–Crippen MR) is 69.6 cm³/mol. The van der Waals surface area contributed by atoms with E-state index in [1.54, 1.807) is 29.9 Å². The van der Waals surface area contributed by atoms with Crippen molar-refractivity contribution in [2.45, 2.75) is 19.4 Å². The smallest absolute Gasteiger partial charge is 0.319 e. The highest BCUT2D eigenvalue weighted by Crippen LogP contribution is 2.04. The summed E-state index contributed by atoms with van der Waals surface area (Å²) in [5.74, 6) is -0.843. The Balaban J connectivity index is 2.40. The second-order valence-electron chi connectivity index (χ2n) is 4.58. The van der Waals surface area contributed by atoms with Crippen LogP contribution >= 0.6 is 0 Å². The molecule has 0 radical (unpaired) electrons. The normalized spacial score (nSPS) is 10.3. The molecule has 7 nitrogen and oxygen atoms in total. The maximum absolute atomic E-state index is 12.0. The van der Waals surface area contributed by atoms with Crippen LogP contribution in [0.25, 0.3) is 0 Å². The second-order valence-corrected chi connectivity index (χ2v) is 4.58. The van der Waals surface area contributed by atoms with E-state index in [1.807, 2.05) is 13.2 Å². The van der Waals surface area contributed by atoms with Gasteiger partial charge in [0.05, 0.1) is 12.7 Å². The molecule has 0 unspecified atom stereocenters. The van der Waals surface area contributed by atoms with Gasteiger partial charge < -0.3 is 14.9 Å². The average Bonchev–Trinajstić information content (AvgIpc) is 2.73. The van der Waals surface area contributed by atoms with Crippen molar-refractivity contribution in [3.8, 4) is 0 Å². The molecule has 106 valence electrons. The summed E-state index contributed by atoms with van der Waals surface area (Å²) >= 11 is 0. The molecular formula is C12H20N4O3. The minimum atomic E-state index is -0.843. The molecule has 0 aliphatic carbocycles. The molecule has 0 fully saturated rings. The van der Waals surface area contributed by atoms with Crippen molar-refractivity contribution in [3.05, 3.63) is 18.0 Å². The van der Waals surface area contributed by atoms with Crippen molar-refractivity contribution >= 4 is 12.0 Å². The number of hydrogen-bond donors (Lipinski definition) is 1. The number of aromatic nitrogens is 2. The van der Waals surface area contributed by atoms with Crippen LogP contribution in [0.1, 0.15) is 18.4 Å². The van der Waals surface area contributed by atoms with E-state index < -0.39 is 5.97 Å². The third-order valence-corrected chi connectivity index (χ3v) is 2.72. The average molecular weight is 268 g/mol. The van der Waals surface area contributed by atoms with Crippen LogP contribution in [-0.4, -0.2) is 57.3 Å². The van der Waals surface area contributed by atoms with Gasteiger partial charge in [-0.15, -0.1) is 0 Å². The van der Waals surface area contributed by atoms with E-state index in [1.165, 1.54) is 4.90 Å². The van der Waals surface area contributed by atoms with Crippen molar-refractivity contribution in [2.24, 2.45) is 7.05 Å². The van der Waals surface area contributed by atoms with Gasteiger partial charge in [0.1, 0.15) is 0 Å². The molecule has 19 heavy (non-hydrogen) atoms. The van der Waals surface area contributed by atoms with Crippen LogP contribution in [0.15, 0.2) is 12.4 Å². The Kier molecular flexibility index (Phi) is 5.35. The van der Waals surface area contributed by atoms with Gasteiger partial charge in [-0.05, 0) is 6.42 Å². The Morgan fingerprint density at radius 2 is 2.05 bits per heavy atom. The van der Waals surface area contributed by atoms with Gasteiger partial charge in [0.2, 0.25) is 0 Å². The Hall–Kier alpha value is -2.05. The summed E-state index contributed by atoms with van der Waals surface area (Å²) in [7, 11) is 5.20. The molecule has 0 aliphatic heterocycles. The van der Waals surface area contributed by atoms with Gasteiger partial charge in [-0.2, -0.15) is 5.10 Å². The lowest BCUT2D eigenvalue weighted by Crippen LogP contribution is -2.38. The van der Waals surface area contributed by atoms with Crippen molar-refractivity contribution < 1.29 is 14.7 Å². The summed E-state index contributed by atoms with van der Waals surface area (Å²) in [5.41, 5.74) is 0.956. The van der Waals surface area contributed by atoms with Crippen molar-refractivity contribution in [1.82, 2.24) is 19.6 Å². The molecule has 1 heterocycles. The largest absolute Gasteiger partial charge is 0.481 e. The van der Waals surface area contributed by atoms with Gasteiger partial charge in [0.15, 0.2) is 0 Å². The summed E-state index contributed by atoms with van der Waals surface area (Å²) in [6.45, 7) is 0.915. The van der Waals surface area contributed by atoms with Gasteiger partial charge in [0.25, 0.3) is 0 Å². The van der Waals surface area contributed by atoms with Gasteiger partial charge >= 0.3 is 12.0 Å². The van der Waals surface area contributed by atoms with Crippen LogP contribution in [0.3, 0.4) is 0 Å². The van der Waals surface area contributed by atoms with Gasteiger partial charge in [-0.25, -0.2) is 4.79 Å². The molecule has 0 atom stereocenters. The lowest BCUT2D eigenvalue weighted by molar-refractivity contribution is -0.137. The standard InChI is InChI=1S/C12H20N4O3/c1-14(6-4-5-11(17)18)12(19)15(2)8-10-7-13-16(3)9-10/h7,9H,4-6,8H2,1-3H3,(H,17,18). The first-order valence-electron chi connectivity index (χ1n) is 6.05. The van der Waals surface area contributed by atoms with E-state index in [-0.39, 0.29) is 12.5 Å². The number of carbonyl (C=O) groups is 2. The summed E-state index contributed by atoms with van der Waals surface area (Å²) in [4.78, 5) is 25.5. The van der Waals surface area contributed by atoms with Crippen LogP contribution in [-0.2, 0) is 18.4 Å². The number of carboxylic acids is 1. The molecule has 1 rings (SSSR count). The topological polar surface area (TPSA) is 78.7 Å². The number of urea groups is 1. The first-order valence-corrected chi connectivity index (χ1v) is 6.05. The number of hydrogen-bond acceptors (Lipinski definition) is 3. The summed E-state index contributed by atoms with van der Waals surface area (Å²) < 4.78 is 1.68. The number of amides is 2. The molecule has 1 N–H and O–H groups in total.